The Balaban J connectivity index is 0.00000427. The van der Waals surface area contributed by atoms with Gasteiger partial charge in [-0.15, -0.1) is 23.9 Å². The molecule has 0 bridgehead atoms. The van der Waals surface area contributed by atoms with Crippen LogP contribution in [-0.4, -0.2) is 35.5 Å². The van der Waals surface area contributed by atoms with Crippen LogP contribution in [0.3, 0.4) is 0 Å². The van der Waals surface area contributed by atoms with Gasteiger partial charge in [0.2, 0.25) is 5.88 Å². The summed E-state index contributed by atoms with van der Waals surface area (Å²) in [6.45, 7) is 15.5. The number of benzene rings is 4. The zero-order chi connectivity index (χ0) is 37.5. The molecule has 2 aliphatic rings. The van der Waals surface area contributed by atoms with Crippen molar-refractivity contribution in [2.24, 2.45) is 0 Å². The van der Waals surface area contributed by atoms with Crippen molar-refractivity contribution in [3.8, 4) is 17.4 Å². The molecular formula is C45H44B2N6OPt. The van der Waals surface area contributed by atoms with E-state index in [0.717, 1.165) is 50.3 Å². The molecule has 4 aromatic carbocycles. The third-order valence-electron chi connectivity index (χ3n) is 11.1. The fraction of sp³-hybridized carbons (Fsp3) is 0.244. The Kier molecular flexibility index (Phi) is 9.36. The van der Waals surface area contributed by atoms with E-state index in [1.807, 2.05) is 18.3 Å². The second kappa shape index (κ2) is 13.9. The van der Waals surface area contributed by atoms with Crippen molar-refractivity contribution in [2.45, 2.75) is 65.7 Å². The molecule has 10 heteroatoms. The van der Waals surface area contributed by atoms with Crippen LogP contribution in [0, 0.1) is 6.07 Å². The van der Waals surface area contributed by atoms with Gasteiger partial charge < -0.3 is 19.5 Å². The molecule has 5 heterocycles. The fourth-order valence-electron chi connectivity index (χ4n) is 8.42. The van der Waals surface area contributed by atoms with E-state index in [2.05, 4.69) is 167 Å². The van der Waals surface area contributed by atoms with Crippen LogP contribution in [0.4, 0.5) is 17.1 Å². The standard InChI is InChI=1S/C45H44B2N6O.Pt/c1-28(2)32-15-13-16-33(29(3)4)43(32)47-51(8)39-22-20-31(27-36(39)46-50-37-17-10-12-19-40(37)53(46)47)54-42-23-21-35-34-14-9-11-18-38(34)52(44(35)49-42)41-26-30(24-25-48-41)45(5,6)7;/h9-26,28-29H,1-8H3;/q-2;+2. The van der Waals surface area contributed by atoms with Crippen molar-refractivity contribution in [3.63, 3.8) is 0 Å². The first kappa shape index (κ1) is 36.9. The monoisotopic (exact) mass is 901 g/mol. The fourth-order valence-corrected chi connectivity index (χ4v) is 8.42. The molecule has 0 unspecified atom stereocenters. The number of ether oxygens (including phenoxy) is 1. The summed E-state index contributed by atoms with van der Waals surface area (Å²) in [5, 5.41) is 7.51. The van der Waals surface area contributed by atoms with Crippen LogP contribution < -0.4 is 25.2 Å². The summed E-state index contributed by atoms with van der Waals surface area (Å²) in [4.78, 5) is 12.4. The third kappa shape index (κ3) is 6.12. The van der Waals surface area contributed by atoms with Gasteiger partial charge in [-0.1, -0.05) is 109 Å². The van der Waals surface area contributed by atoms with Gasteiger partial charge in [0.15, 0.2) is 5.65 Å². The number of rotatable bonds is 6. The van der Waals surface area contributed by atoms with Crippen molar-refractivity contribution >= 4 is 63.9 Å². The first-order valence-corrected chi connectivity index (χ1v) is 19.0. The van der Waals surface area contributed by atoms with E-state index in [-0.39, 0.29) is 40.4 Å². The van der Waals surface area contributed by atoms with Gasteiger partial charge in [-0.05, 0) is 82.5 Å². The molecule has 0 spiro atoms. The maximum atomic E-state index is 6.61. The second-order valence-electron chi connectivity index (χ2n) is 16.3. The van der Waals surface area contributed by atoms with E-state index in [9.17, 15) is 0 Å². The minimum absolute atomic E-state index is 0. The zero-order valence-electron chi connectivity index (χ0n) is 32.6. The van der Waals surface area contributed by atoms with Gasteiger partial charge in [0.05, 0.1) is 5.52 Å². The summed E-state index contributed by atoms with van der Waals surface area (Å²) < 4.78 is 11.2. The number of aromatic nitrogens is 3. The molecule has 0 N–H and O–H groups in total. The van der Waals surface area contributed by atoms with Crippen molar-refractivity contribution in [2.75, 3.05) is 16.6 Å². The Hall–Kier alpha value is -5.00. The minimum Gasteiger partial charge on any atom is -0.685 e. The SMILES string of the molecule is CC(C)c1cccc(C(C)C)c1B1N(C)c2ccc(Oc3ccc4c5ccccc5n(-c5cc(C(C)(C)C)ccn5)c4n3)[c-]c2B2[N-]c3ccccc3N21.[Pt+2]. The average molecular weight is 902 g/mol. The Bertz CT molecular complexity index is 2550. The van der Waals surface area contributed by atoms with Crippen LogP contribution in [0.5, 0.6) is 11.6 Å². The molecule has 7 aromatic rings. The number of nitrogens with zero attached hydrogens (tertiary/aromatic N) is 6. The van der Waals surface area contributed by atoms with Crippen molar-refractivity contribution in [3.05, 3.63) is 137 Å². The number of hydrogen-bond acceptors (Lipinski definition) is 5. The molecule has 0 fully saturated rings. The van der Waals surface area contributed by atoms with Crippen molar-refractivity contribution in [1.29, 1.82) is 0 Å². The summed E-state index contributed by atoms with van der Waals surface area (Å²) in [5.41, 5.74) is 11.3. The van der Waals surface area contributed by atoms with E-state index in [4.69, 9.17) is 19.9 Å². The van der Waals surface area contributed by atoms with Crippen LogP contribution in [0.2, 0.25) is 0 Å². The summed E-state index contributed by atoms with van der Waals surface area (Å²) in [6, 6.07) is 39.9. The topological polar surface area (TPSA) is 60.5 Å². The van der Waals surface area contributed by atoms with Gasteiger partial charge in [0, 0.05) is 28.8 Å². The summed E-state index contributed by atoms with van der Waals surface area (Å²) in [7, 11) is 2.20. The van der Waals surface area contributed by atoms with Crippen molar-refractivity contribution < 1.29 is 25.8 Å². The molecule has 3 aromatic heterocycles. The maximum Gasteiger partial charge on any atom is 2.00 e. The summed E-state index contributed by atoms with van der Waals surface area (Å²) in [5.74, 6) is 2.65. The maximum absolute atomic E-state index is 6.61. The summed E-state index contributed by atoms with van der Waals surface area (Å²) >= 11 is 0. The molecule has 0 radical (unpaired) electrons. The van der Waals surface area contributed by atoms with Gasteiger partial charge in [-0.2, -0.15) is 10.4 Å². The van der Waals surface area contributed by atoms with Crippen LogP contribution in [0.15, 0.2) is 109 Å². The predicted molar refractivity (Wildman–Crippen MR) is 226 cm³/mol. The Labute approximate surface area is 339 Å². The van der Waals surface area contributed by atoms with E-state index in [1.165, 1.54) is 22.2 Å². The van der Waals surface area contributed by atoms with Crippen LogP contribution in [-0.2, 0) is 26.5 Å². The number of fused-ring (bicyclic) bond motifs is 8. The van der Waals surface area contributed by atoms with Crippen LogP contribution >= 0.6 is 0 Å². The normalized spacial score (nSPS) is 13.6. The molecule has 2 aliphatic heterocycles. The molecule has 7 nitrogen and oxygen atoms in total. The predicted octanol–water partition coefficient (Wildman–Crippen LogP) is 9.77. The largest absolute Gasteiger partial charge is 2.00 e. The molecule has 0 saturated heterocycles. The van der Waals surface area contributed by atoms with E-state index >= 15 is 0 Å². The Morgan fingerprint density at radius 3 is 2.25 bits per heavy atom. The van der Waals surface area contributed by atoms with Gasteiger partial charge in [-0.3, -0.25) is 4.57 Å². The van der Waals surface area contributed by atoms with Gasteiger partial charge in [0.25, 0.3) is 0 Å². The van der Waals surface area contributed by atoms with Crippen molar-refractivity contribution in [1.82, 2.24) is 14.5 Å². The molecule has 0 aliphatic carbocycles. The Morgan fingerprint density at radius 2 is 1.51 bits per heavy atom. The molecular weight excluding hydrogens is 857 g/mol. The smallest absolute Gasteiger partial charge is 0.685 e. The first-order valence-electron chi connectivity index (χ1n) is 19.0. The van der Waals surface area contributed by atoms with E-state index in [1.54, 1.807) is 0 Å². The Morgan fingerprint density at radius 1 is 0.782 bits per heavy atom. The molecule has 0 amide bonds. The molecule has 55 heavy (non-hydrogen) atoms. The summed E-state index contributed by atoms with van der Waals surface area (Å²) in [6.07, 6.45) is 1.89. The first-order chi connectivity index (χ1) is 26.0. The minimum atomic E-state index is -0.262. The van der Waals surface area contributed by atoms with Gasteiger partial charge >= 0.3 is 28.0 Å². The number of hydrogen-bond donors (Lipinski definition) is 0. The number of anilines is 2. The molecule has 9 rings (SSSR count). The molecule has 276 valence electrons. The molecule has 0 saturated carbocycles. The average Bonchev–Trinajstić information content (AvgIpc) is 3.70. The van der Waals surface area contributed by atoms with E-state index in [0.29, 0.717) is 23.5 Å². The quantitative estimate of drug-likeness (QED) is 0.123. The van der Waals surface area contributed by atoms with Gasteiger partial charge in [0.1, 0.15) is 12.8 Å². The number of pyridine rings is 2. The van der Waals surface area contributed by atoms with Crippen LogP contribution in [0.1, 0.15) is 77.0 Å². The van der Waals surface area contributed by atoms with Gasteiger partial charge in [-0.25, -0.2) is 4.98 Å². The van der Waals surface area contributed by atoms with Crippen LogP contribution in [0.25, 0.3) is 33.0 Å². The molecule has 0 atom stereocenters. The number of para-hydroxylation sites is 2. The van der Waals surface area contributed by atoms with E-state index < -0.39 is 0 Å². The third-order valence-corrected chi connectivity index (χ3v) is 11.1. The second-order valence-corrected chi connectivity index (χ2v) is 16.3. The zero-order valence-corrected chi connectivity index (χ0v) is 34.9.